The summed E-state index contributed by atoms with van der Waals surface area (Å²) >= 11 is 0. The molecule has 3 aromatic heterocycles. The first kappa shape index (κ1) is 17.0. The Kier molecular flexibility index (Phi) is 5.00. The molecule has 130 valence electrons. The molecule has 0 spiro atoms. The standard InChI is InChI=1S/C17H16N4O2.C2H6/c1-23-11-2-3-16-12(8-11)13(10-21(16)6-7-22)14-9-15-17(20-14)19-5-4-18-15;1-2/h2-5,8-10,22H,6-7H2,1H3,(H,19,20);1-2H3. The molecule has 0 saturated carbocycles. The summed E-state index contributed by atoms with van der Waals surface area (Å²) in [7, 11) is 1.66. The number of hydrogen-bond acceptors (Lipinski definition) is 4. The van der Waals surface area contributed by atoms with Gasteiger partial charge in [-0.15, -0.1) is 0 Å². The van der Waals surface area contributed by atoms with E-state index in [4.69, 9.17) is 4.74 Å². The number of fused-ring (bicyclic) bond motifs is 2. The Hall–Kier alpha value is -2.86. The molecular weight excluding hydrogens is 316 g/mol. The van der Waals surface area contributed by atoms with E-state index in [2.05, 4.69) is 15.0 Å². The van der Waals surface area contributed by atoms with Crippen molar-refractivity contribution < 1.29 is 9.84 Å². The Labute approximate surface area is 146 Å². The fourth-order valence-corrected chi connectivity index (χ4v) is 2.91. The van der Waals surface area contributed by atoms with Crippen molar-refractivity contribution in [2.24, 2.45) is 0 Å². The Morgan fingerprint density at radius 1 is 1.16 bits per heavy atom. The number of methoxy groups -OCH3 is 1. The number of nitrogens with zero attached hydrogens (tertiary/aromatic N) is 3. The molecule has 6 nitrogen and oxygen atoms in total. The Morgan fingerprint density at radius 2 is 1.96 bits per heavy atom. The van der Waals surface area contributed by atoms with Crippen molar-refractivity contribution in [3.05, 3.63) is 42.9 Å². The number of H-pyrrole nitrogens is 1. The normalized spacial score (nSPS) is 10.7. The molecule has 1 aromatic carbocycles. The fraction of sp³-hybridized carbons (Fsp3) is 0.263. The third-order valence-electron chi connectivity index (χ3n) is 3.98. The molecule has 0 radical (unpaired) electrons. The van der Waals surface area contributed by atoms with Crippen LogP contribution >= 0.6 is 0 Å². The van der Waals surface area contributed by atoms with Crippen molar-refractivity contribution in [2.75, 3.05) is 13.7 Å². The van der Waals surface area contributed by atoms with Gasteiger partial charge in [-0.1, -0.05) is 13.8 Å². The van der Waals surface area contributed by atoms with Gasteiger partial charge in [0.05, 0.1) is 19.4 Å². The molecule has 0 aliphatic carbocycles. The van der Waals surface area contributed by atoms with Gasteiger partial charge >= 0.3 is 0 Å². The molecule has 0 unspecified atom stereocenters. The summed E-state index contributed by atoms with van der Waals surface area (Å²) < 4.78 is 7.39. The number of nitrogens with one attached hydrogen (secondary N) is 1. The number of aliphatic hydroxyl groups excluding tert-OH is 1. The zero-order chi connectivity index (χ0) is 17.8. The van der Waals surface area contributed by atoms with Crippen molar-refractivity contribution in [1.82, 2.24) is 19.5 Å². The molecule has 2 N–H and O–H groups in total. The summed E-state index contributed by atoms with van der Waals surface area (Å²) in [6.45, 7) is 4.63. The van der Waals surface area contributed by atoms with Crippen LogP contribution in [0.3, 0.4) is 0 Å². The lowest BCUT2D eigenvalue weighted by Gasteiger charge is -2.03. The highest BCUT2D eigenvalue weighted by atomic mass is 16.5. The van der Waals surface area contributed by atoms with Crippen LogP contribution in [0.25, 0.3) is 33.3 Å². The van der Waals surface area contributed by atoms with Crippen LogP contribution in [0.5, 0.6) is 5.75 Å². The highest BCUT2D eigenvalue weighted by molar-refractivity contribution is 5.98. The van der Waals surface area contributed by atoms with Crippen LogP contribution in [0.15, 0.2) is 42.9 Å². The quantitative estimate of drug-likeness (QED) is 0.596. The summed E-state index contributed by atoms with van der Waals surface area (Å²) in [5, 5.41) is 10.4. The molecule has 0 fully saturated rings. The van der Waals surface area contributed by atoms with Crippen LogP contribution in [-0.2, 0) is 6.54 Å². The molecule has 0 aliphatic heterocycles. The molecule has 25 heavy (non-hydrogen) atoms. The van der Waals surface area contributed by atoms with Crippen LogP contribution in [-0.4, -0.2) is 38.3 Å². The maximum Gasteiger partial charge on any atom is 0.156 e. The van der Waals surface area contributed by atoms with E-state index in [0.29, 0.717) is 6.54 Å². The van der Waals surface area contributed by atoms with Gasteiger partial charge in [-0.3, -0.25) is 4.98 Å². The number of hydrogen-bond donors (Lipinski definition) is 2. The lowest BCUT2D eigenvalue weighted by atomic mass is 10.1. The minimum absolute atomic E-state index is 0.0884. The van der Waals surface area contributed by atoms with Gasteiger partial charge in [0.1, 0.15) is 11.3 Å². The van der Waals surface area contributed by atoms with Gasteiger partial charge in [-0.2, -0.15) is 0 Å². The first-order valence-corrected chi connectivity index (χ1v) is 8.38. The number of benzene rings is 1. The molecule has 4 aromatic rings. The van der Waals surface area contributed by atoms with Gasteiger partial charge in [-0.05, 0) is 24.3 Å². The lowest BCUT2D eigenvalue weighted by molar-refractivity contribution is 0.278. The number of aromatic nitrogens is 4. The fourth-order valence-electron chi connectivity index (χ4n) is 2.91. The average molecular weight is 338 g/mol. The largest absolute Gasteiger partial charge is 0.497 e. The van der Waals surface area contributed by atoms with Crippen LogP contribution in [0.4, 0.5) is 0 Å². The summed E-state index contributed by atoms with van der Waals surface area (Å²) in [5.74, 6) is 0.799. The zero-order valence-corrected chi connectivity index (χ0v) is 14.7. The maximum absolute atomic E-state index is 9.30. The van der Waals surface area contributed by atoms with Gasteiger partial charge in [0.15, 0.2) is 5.65 Å². The minimum atomic E-state index is 0.0884. The van der Waals surface area contributed by atoms with Crippen molar-refractivity contribution in [3.63, 3.8) is 0 Å². The Morgan fingerprint density at radius 3 is 2.68 bits per heavy atom. The SMILES string of the molecule is CC.COc1ccc2c(c1)c(-c1cc3nccnc3[nH]1)cn2CCO. The van der Waals surface area contributed by atoms with E-state index >= 15 is 0 Å². The average Bonchev–Trinajstić information content (AvgIpc) is 3.24. The van der Waals surface area contributed by atoms with Crippen molar-refractivity contribution in [1.29, 1.82) is 0 Å². The number of rotatable bonds is 4. The molecule has 0 saturated heterocycles. The monoisotopic (exact) mass is 338 g/mol. The number of aliphatic hydroxyl groups is 1. The van der Waals surface area contributed by atoms with Crippen LogP contribution in [0.2, 0.25) is 0 Å². The van der Waals surface area contributed by atoms with Crippen molar-refractivity contribution in [2.45, 2.75) is 20.4 Å². The number of ether oxygens (including phenoxy) is 1. The van der Waals surface area contributed by atoms with Crippen molar-refractivity contribution in [3.8, 4) is 17.0 Å². The molecule has 3 heterocycles. The zero-order valence-electron chi connectivity index (χ0n) is 14.7. The second-order valence-electron chi connectivity index (χ2n) is 5.32. The highest BCUT2D eigenvalue weighted by Crippen LogP contribution is 2.33. The van der Waals surface area contributed by atoms with Gasteiger partial charge in [0.25, 0.3) is 0 Å². The molecular formula is C19H22N4O2. The highest BCUT2D eigenvalue weighted by Gasteiger charge is 2.14. The Balaban J connectivity index is 0.000000880. The van der Waals surface area contributed by atoms with Crippen LogP contribution in [0.1, 0.15) is 13.8 Å². The van der Waals surface area contributed by atoms with Gasteiger partial charge < -0.3 is 19.4 Å². The summed E-state index contributed by atoms with van der Waals surface area (Å²) in [6.07, 6.45) is 5.38. The minimum Gasteiger partial charge on any atom is -0.497 e. The van der Waals surface area contributed by atoms with E-state index in [1.54, 1.807) is 19.5 Å². The summed E-state index contributed by atoms with van der Waals surface area (Å²) in [6, 6.07) is 7.92. The second kappa shape index (κ2) is 7.36. The van der Waals surface area contributed by atoms with Crippen LogP contribution < -0.4 is 4.74 Å². The molecule has 0 amide bonds. The van der Waals surface area contributed by atoms with Crippen LogP contribution in [0, 0.1) is 0 Å². The van der Waals surface area contributed by atoms with Gasteiger partial charge in [0.2, 0.25) is 0 Å². The van der Waals surface area contributed by atoms with E-state index < -0.39 is 0 Å². The van der Waals surface area contributed by atoms with E-state index in [1.807, 2.05) is 48.9 Å². The predicted octanol–water partition coefficient (Wildman–Crippen LogP) is 3.61. The Bertz CT molecular complexity index is 955. The topological polar surface area (TPSA) is 76.0 Å². The molecule has 6 heteroatoms. The van der Waals surface area contributed by atoms with E-state index in [0.717, 1.165) is 39.1 Å². The van der Waals surface area contributed by atoms with E-state index in [1.165, 1.54) is 0 Å². The van der Waals surface area contributed by atoms with Gasteiger partial charge in [0, 0.05) is 41.6 Å². The van der Waals surface area contributed by atoms with Crippen molar-refractivity contribution >= 4 is 22.1 Å². The predicted molar refractivity (Wildman–Crippen MR) is 99.8 cm³/mol. The molecule has 4 rings (SSSR count). The first-order chi connectivity index (χ1) is 12.3. The molecule has 0 atom stereocenters. The van der Waals surface area contributed by atoms with Gasteiger partial charge in [-0.25, -0.2) is 4.98 Å². The van der Waals surface area contributed by atoms with E-state index in [9.17, 15) is 5.11 Å². The third-order valence-corrected chi connectivity index (χ3v) is 3.98. The summed E-state index contributed by atoms with van der Waals surface area (Å²) in [4.78, 5) is 11.9. The molecule has 0 bridgehead atoms. The van der Waals surface area contributed by atoms with E-state index in [-0.39, 0.29) is 6.61 Å². The third kappa shape index (κ3) is 3.08. The lowest BCUT2D eigenvalue weighted by Crippen LogP contribution is -1.99. The summed E-state index contributed by atoms with van der Waals surface area (Å²) in [5.41, 5.74) is 4.62. The maximum atomic E-state index is 9.30. The molecule has 0 aliphatic rings. The smallest absolute Gasteiger partial charge is 0.156 e. The number of aromatic amines is 1. The first-order valence-electron chi connectivity index (χ1n) is 8.38. The second-order valence-corrected chi connectivity index (χ2v) is 5.32.